The van der Waals surface area contributed by atoms with Crippen LogP contribution in [0.3, 0.4) is 0 Å². The summed E-state index contributed by atoms with van der Waals surface area (Å²) in [5.41, 5.74) is 1.74. The molecule has 4 heterocycles. The molecule has 12 heteroatoms. The van der Waals surface area contributed by atoms with Crippen molar-refractivity contribution >= 4 is 28.9 Å². The van der Waals surface area contributed by atoms with Gasteiger partial charge in [-0.1, -0.05) is 54.6 Å². The van der Waals surface area contributed by atoms with Gasteiger partial charge in [0.2, 0.25) is 0 Å². The number of carbonyl (C=O) groups excluding carboxylic acids is 3. The van der Waals surface area contributed by atoms with Gasteiger partial charge >= 0.3 is 17.9 Å². The number of ether oxygens (including phenoxy) is 4. The Balaban J connectivity index is 1.30. The van der Waals surface area contributed by atoms with Gasteiger partial charge in [-0.05, 0) is 48.5 Å². The van der Waals surface area contributed by atoms with E-state index in [4.69, 9.17) is 18.9 Å². The molecule has 7 rings (SSSR count). The lowest BCUT2D eigenvalue weighted by atomic mass is 10.1. The van der Waals surface area contributed by atoms with Crippen molar-refractivity contribution in [2.75, 3.05) is 6.61 Å². The highest BCUT2D eigenvalue weighted by atomic mass is 19.1. The molecule has 6 aromatic rings. The number of benzene rings is 3. The maximum Gasteiger partial charge on any atom is 0.338 e. The summed E-state index contributed by atoms with van der Waals surface area (Å²) in [6, 6.07) is 28.3. The third-order valence-electron chi connectivity index (χ3n) is 7.87. The minimum atomic E-state index is -1.34. The fourth-order valence-corrected chi connectivity index (χ4v) is 5.60. The summed E-state index contributed by atoms with van der Waals surface area (Å²) < 4.78 is 41.1. The first-order valence-electron chi connectivity index (χ1n) is 15.0. The van der Waals surface area contributed by atoms with Gasteiger partial charge in [0.25, 0.3) is 0 Å². The monoisotopic (exact) mass is 646 g/mol. The number of H-pyrrole nitrogens is 1. The van der Waals surface area contributed by atoms with E-state index in [0.717, 1.165) is 6.20 Å². The SMILES string of the molecule is O=C(OC[C@H]1O[C@@H](n2cc(F)c3c(-c4ccc[nH]4)ncnc32)[C@H](OC(=O)c2ccccc2)[C@@H]1OC(=O)c1ccccc1)c1ccccc1. The van der Waals surface area contributed by atoms with Crippen LogP contribution < -0.4 is 0 Å². The topological polar surface area (TPSA) is 135 Å². The van der Waals surface area contributed by atoms with E-state index in [2.05, 4.69) is 15.0 Å². The predicted octanol–water partition coefficient (Wildman–Crippen LogP) is 5.77. The van der Waals surface area contributed by atoms with Crippen LogP contribution in [0.15, 0.2) is 122 Å². The number of esters is 3. The number of fused-ring (bicyclic) bond motifs is 1. The van der Waals surface area contributed by atoms with Gasteiger partial charge in [0.15, 0.2) is 24.3 Å². The van der Waals surface area contributed by atoms with Gasteiger partial charge in [0.1, 0.15) is 30.4 Å². The van der Waals surface area contributed by atoms with Gasteiger partial charge in [-0.15, -0.1) is 0 Å². The van der Waals surface area contributed by atoms with Crippen molar-refractivity contribution in [3.63, 3.8) is 0 Å². The lowest BCUT2D eigenvalue weighted by molar-refractivity contribution is -0.0605. The molecule has 3 aromatic heterocycles. The summed E-state index contributed by atoms with van der Waals surface area (Å²) >= 11 is 0. The summed E-state index contributed by atoms with van der Waals surface area (Å²) in [6.07, 6.45) is -0.938. The molecule has 0 bridgehead atoms. The molecule has 1 saturated heterocycles. The van der Waals surface area contributed by atoms with Crippen LogP contribution in [0.4, 0.5) is 4.39 Å². The molecule has 3 aromatic carbocycles. The van der Waals surface area contributed by atoms with Crippen LogP contribution in [0, 0.1) is 5.82 Å². The van der Waals surface area contributed by atoms with E-state index in [0.29, 0.717) is 17.0 Å². The van der Waals surface area contributed by atoms with Crippen molar-refractivity contribution in [2.24, 2.45) is 0 Å². The first kappa shape index (κ1) is 30.5. The molecule has 48 heavy (non-hydrogen) atoms. The van der Waals surface area contributed by atoms with E-state index in [1.54, 1.807) is 109 Å². The maximum absolute atomic E-state index is 15.8. The van der Waals surface area contributed by atoms with Gasteiger partial charge in [-0.3, -0.25) is 4.57 Å². The van der Waals surface area contributed by atoms with Crippen LogP contribution in [-0.2, 0) is 18.9 Å². The lowest BCUT2D eigenvalue weighted by Crippen LogP contribution is -2.41. The Labute approximate surface area is 272 Å². The van der Waals surface area contributed by atoms with E-state index in [-0.39, 0.29) is 28.8 Å². The summed E-state index contributed by atoms with van der Waals surface area (Å²) in [6.45, 7) is -0.388. The van der Waals surface area contributed by atoms with Gasteiger partial charge in [0, 0.05) is 12.4 Å². The first-order chi connectivity index (χ1) is 23.5. The van der Waals surface area contributed by atoms with E-state index >= 15 is 4.39 Å². The fourth-order valence-electron chi connectivity index (χ4n) is 5.60. The summed E-state index contributed by atoms with van der Waals surface area (Å²) in [5, 5.41) is 0.0912. The van der Waals surface area contributed by atoms with Crippen molar-refractivity contribution in [1.29, 1.82) is 0 Å². The third kappa shape index (κ3) is 6.04. The number of carbonyl (C=O) groups is 3. The molecule has 11 nitrogen and oxygen atoms in total. The zero-order valence-electron chi connectivity index (χ0n) is 25.1. The van der Waals surface area contributed by atoms with Crippen molar-refractivity contribution in [3.05, 3.63) is 144 Å². The Kier molecular flexibility index (Phi) is 8.46. The van der Waals surface area contributed by atoms with Crippen LogP contribution in [-0.4, -0.2) is 62.3 Å². The van der Waals surface area contributed by atoms with Crippen molar-refractivity contribution < 1.29 is 37.7 Å². The maximum atomic E-state index is 15.8. The molecule has 0 spiro atoms. The van der Waals surface area contributed by atoms with Crippen molar-refractivity contribution in [2.45, 2.75) is 24.5 Å². The molecule has 1 fully saturated rings. The van der Waals surface area contributed by atoms with Gasteiger partial charge in [-0.2, -0.15) is 0 Å². The standard InChI is InChI=1S/C36H27FN4O7/c37-25-19-41(32-28(25)29(39-21-40-32)26-17-10-18-38-26)33-31(48-36(44)24-15-8-3-9-16-24)30(47-35(43)23-13-6-2-7-14-23)27(46-33)20-45-34(42)22-11-4-1-5-12-22/h1-19,21,27,30-31,33,38H,20H2/t27-,30-,31-,33-/m1/s1. The average molecular weight is 647 g/mol. The summed E-state index contributed by atoms with van der Waals surface area (Å²) in [5.74, 6) is -2.78. The molecule has 0 aliphatic carbocycles. The molecule has 0 radical (unpaired) electrons. The molecule has 1 aliphatic rings. The number of nitrogens with zero attached hydrogens (tertiary/aromatic N) is 3. The number of hydrogen-bond acceptors (Lipinski definition) is 9. The zero-order valence-corrected chi connectivity index (χ0v) is 25.1. The van der Waals surface area contributed by atoms with Crippen LogP contribution in [0.1, 0.15) is 37.3 Å². The second kappa shape index (κ2) is 13.3. The van der Waals surface area contributed by atoms with Gasteiger partial charge in [-0.25, -0.2) is 28.7 Å². The Bertz CT molecular complexity index is 2050. The Morgan fingerprint density at radius 3 is 1.92 bits per heavy atom. The third-order valence-corrected chi connectivity index (χ3v) is 7.87. The normalized spacial score (nSPS) is 18.8. The predicted molar refractivity (Wildman–Crippen MR) is 169 cm³/mol. The molecule has 4 atom stereocenters. The molecule has 0 saturated carbocycles. The second-order valence-electron chi connectivity index (χ2n) is 10.9. The number of halogens is 1. The quantitative estimate of drug-likeness (QED) is 0.153. The lowest BCUT2D eigenvalue weighted by Gasteiger charge is -2.25. The highest BCUT2D eigenvalue weighted by molar-refractivity contribution is 5.92. The number of aromatic amines is 1. The number of aromatic nitrogens is 4. The molecule has 240 valence electrons. The highest BCUT2D eigenvalue weighted by Crippen LogP contribution is 2.39. The molecule has 0 unspecified atom stereocenters. The largest absolute Gasteiger partial charge is 0.459 e. The van der Waals surface area contributed by atoms with Crippen LogP contribution in [0.2, 0.25) is 0 Å². The van der Waals surface area contributed by atoms with Gasteiger partial charge in [0.05, 0.1) is 27.8 Å². The molecule has 1 N–H and O–H groups in total. The summed E-state index contributed by atoms with van der Waals surface area (Å²) in [7, 11) is 0. The van der Waals surface area contributed by atoms with Crippen LogP contribution in [0.5, 0.6) is 0 Å². The molecule has 1 aliphatic heterocycles. The minimum Gasteiger partial charge on any atom is -0.459 e. The number of nitrogens with one attached hydrogen (secondary N) is 1. The van der Waals surface area contributed by atoms with Crippen LogP contribution >= 0.6 is 0 Å². The van der Waals surface area contributed by atoms with E-state index in [1.165, 1.54) is 10.9 Å². The molecular formula is C36H27FN4O7. The van der Waals surface area contributed by atoms with E-state index < -0.39 is 48.3 Å². The minimum absolute atomic E-state index is 0.0912. The smallest absolute Gasteiger partial charge is 0.338 e. The fraction of sp³-hybridized carbons (Fsp3) is 0.139. The first-order valence-corrected chi connectivity index (χ1v) is 15.0. The number of rotatable bonds is 9. The average Bonchev–Trinajstić information content (AvgIpc) is 3.87. The van der Waals surface area contributed by atoms with Gasteiger partial charge < -0.3 is 23.9 Å². The summed E-state index contributed by atoms with van der Waals surface area (Å²) in [4.78, 5) is 51.5. The number of hydrogen-bond donors (Lipinski definition) is 1. The van der Waals surface area contributed by atoms with Crippen LogP contribution in [0.25, 0.3) is 22.4 Å². The Morgan fingerprint density at radius 1 is 0.750 bits per heavy atom. The zero-order chi connectivity index (χ0) is 33.0. The van der Waals surface area contributed by atoms with Crippen molar-refractivity contribution in [3.8, 4) is 11.4 Å². The Hall–Kier alpha value is -6.14. The molecule has 0 amide bonds. The van der Waals surface area contributed by atoms with E-state index in [9.17, 15) is 14.4 Å². The van der Waals surface area contributed by atoms with Crippen molar-refractivity contribution in [1.82, 2.24) is 19.5 Å². The molecular weight excluding hydrogens is 619 g/mol. The second-order valence-corrected chi connectivity index (χ2v) is 10.9. The van der Waals surface area contributed by atoms with E-state index in [1.807, 2.05) is 0 Å². The Morgan fingerprint density at radius 2 is 1.33 bits per heavy atom. The highest BCUT2D eigenvalue weighted by Gasteiger charge is 2.52.